The van der Waals surface area contributed by atoms with Crippen LogP contribution in [0.4, 0.5) is 11.4 Å². The van der Waals surface area contributed by atoms with Crippen molar-refractivity contribution in [3.8, 4) is 0 Å². The summed E-state index contributed by atoms with van der Waals surface area (Å²) >= 11 is 0. The number of aryl methyl sites for hydroxylation is 2. The lowest BCUT2D eigenvalue weighted by atomic mass is 10.3. The standard InChI is InChI=1S/C14H12N8/c1-21-17-11-5-3-9(7-13(11)19-21)15-16-10-4-6-12-14(8-10)20-22(2)18-12/h3-8H,1-2H3. The summed E-state index contributed by atoms with van der Waals surface area (Å²) in [5, 5.41) is 25.4. The van der Waals surface area contributed by atoms with Crippen LogP contribution < -0.4 is 0 Å². The van der Waals surface area contributed by atoms with Gasteiger partial charge in [-0.1, -0.05) is 0 Å². The molecule has 0 fully saturated rings. The van der Waals surface area contributed by atoms with E-state index in [9.17, 15) is 0 Å². The average Bonchev–Trinajstić information content (AvgIpc) is 3.04. The van der Waals surface area contributed by atoms with Gasteiger partial charge in [-0.3, -0.25) is 0 Å². The van der Waals surface area contributed by atoms with E-state index in [1.807, 2.05) is 36.4 Å². The highest BCUT2D eigenvalue weighted by atomic mass is 15.5. The molecule has 2 heterocycles. The van der Waals surface area contributed by atoms with E-state index in [4.69, 9.17) is 0 Å². The fourth-order valence-corrected chi connectivity index (χ4v) is 2.26. The van der Waals surface area contributed by atoms with Crippen molar-refractivity contribution in [3.63, 3.8) is 0 Å². The van der Waals surface area contributed by atoms with Crippen molar-refractivity contribution in [2.75, 3.05) is 0 Å². The molecule has 0 unspecified atom stereocenters. The zero-order valence-corrected chi connectivity index (χ0v) is 12.0. The Morgan fingerprint density at radius 2 is 1.05 bits per heavy atom. The van der Waals surface area contributed by atoms with Crippen LogP contribution in [0.5, 0.6) is 0 Å². The third-order valence-electron chi connectivity index (χ3n) is 3.21. The van der Waals surface area contributed by atoms with E-state index >= 15 is 0 Å². The van der Waals surface area contributed by atoms with E-state index < -0.39 is 0 Å². The molecule has 108 valence electrons. The molecule has 8 nitrogen and oxygen atoms in total. The van der Waals surface area contributed by atoms with Crippen LogP contribution in [0.1, 0.15) is 0 Å². The molecule has 0 saturated heterocycles. The molecule has 0 saturated carbocycles. The van der Waals surface area contributed by atoms with Gasteiger partial charge < -0.3 is 0 Å². The number of hydrogen-bond donors (Lipinski definition) is 0. The molecule has 0 spiro atoms. The summed E-state index contributed by atoms with van der Waals surface area (Å²) in [5.74, 6) is 0. The van der Waals surface area contributed by atoms with Crippen molar-refractivity contribution in [2.45, 2.75) is 0 Å². The van der Waals surface area contributed by atoms with Crippen molar-refractivity contribution < 1.29 is 0 Å². The second kappa shape index (κ2) is 4.69. The fourth-order valence-electron chi connectivity index (χ4n) is 2.26. The van der Waals surface area contributed by atoms with Gasteiger partial charge in [0.1, 0.15) is 22.1 Å². The number of aromatic nitrogens is 6. The first-order valence-corrected chi connectivity index (χ1v) is 6.71. The molecule has 8 heteroatoms. The van der Waals surface area contributed by atoms with Crippen molar-refractivity contribution in [1.82, 2.24) is 30.0 Å². The van der Waals surface area contributed by atoms with Gasteiger partial charge in [-0.15, -0.1) is 0 Å². The summed E-state index contributed by atoms with van der Waals surface area (Å²) in [6, 6.07) is 11.2. The highest BCUT2D eigenvalue weighted by Crippen LogP contribution is 2.23. The molecule has 0 aliphatic rings. The van der Waals surface area contributed by atoms with Crippen LogP contribution in [-0.4, -0.2) is 30.0 Å². The second-order valence-electron chi connectivity index (χ2n) is 4.92. The molecule has 22 heavy (non-hydrogen) atoms. The van der Waals surface area contributed by atoms with E-state index in [1.54, 1.807) is 14.1 Å². The van der Waals surface area contributed by atoms with Crippen molar-refractivity contribution in [2.24, 2.45) is 24.3 Å². The zero-order chi connectivity index (χ0) is 15.1. The Bertz CT molecular complexity index is 928. The molecular weight excluding hydrogens is 280 g/mol. The van der Waals surface area contributed by atoms with Crippen molar-refractivity contribution >= 4 is 33.4 Å². The Balaban J connectivity index is 1.67. The van der Waals surface area contributed by atoms with Crippen LogP contribution in [-0.2, 0) is 14.1 Å². The molecule has 4 aromatic rings. The molecular formula is C14H12N8. The van der Waals surface area contributed by atoms with Crippen molar-refractivity contribution in [1.29, 1.82) is 0 Å². The van der Waals surface area contributed by atoms with E-state index in [0.717, 1.165) is 33.4 Å². The van der Waals surface area contributed by atoms with Crippen LogP contribution in [0.25, 0.3) is 22.1 Å². The number of rotatable bonds is 2. The van der Waals surface area contributed by atoms with Gasteiger partial charge in [-0.05, 0) is 36.4 Å². The molecule has 2 aromatic carbocycles. The van der Waals surface area contributed by atoms with Gasteiger partial charge in [-0.25, -0.2) is 0 Å². The Hall–Kier alpha value is -3.16. The molecule has 0 atom stereocenters. The van der Waals surface area contributed by atoms with Crippen molar-refractivity contribution in [3.05, 3.63) is 36.4 Å². The number of fused-ring (bicyclic) bond motifs is 2. The Morgan fingerprint density at radius 3 is 1.50 bits per heavy atom. The van der Waals surface area contributed by atoms with Crippen LogP contribution in [0.3, 0.4) is 0 Å². The fraction of sp³-hybridized carbons (Fsp3) is 0.143. The molecule has 0 aliphatic heterocycles. The van der Waals surface area contributed by atoms with Gasteiger partial charge in [0.2, 0.25) is 0 Å². The summed E-state index contributed by atoms with van der Waals surface area (Å²) in [6.45, 7) is 0. The largest absolute Gasteiger partial charge is 0.187 e. The first kappa shape index (κ1) is 12.6. The minimum absolute atomic E-state index is 0.729. The highest BCUT2D eigenvalue weighted by Gasteiger charge is 2.03. The van der Waals surface area contributed by atoms with Gasteiger partial charge in [0, 0.05) is 14.1 Å². The normalized spacial score (nSPS) is 11.9. The topological polar surface area (TPSA) is 86.1 Å². The Labute approximate surface area is 125 Å². The lowest BCUT2D eigenvalue weighted by Gasteiger charge is -1.93. The predicted octanol–water partition coefficient (Wildman–Crippen LogP) is 2.67. The Kier molecular flexibility index (Phi) is 2.68. The molecule has 0 aliphatic carbocycles. The number of nitrogens with zero attached hydrogens (tertiary/aromatic N) is 8. The van der Waals surface area contributed by atoms with Crippen LogP contribution in [0, 0.1) is 0 Å². The third-order valence-corrected chi connectivity index (χ3v) is 3.21. The maximum atomic E-state index is 4.26. The molecule has 0 radical (unpaired) electrons. The molecule has 2 aromatic heterocycles. The van der Waals surface area contributed by atoms with E-state index in [2.05, 4.69) is 30.6 Å². The first-order valence-electron chi connectivity index (χ1n) is 6.71. The maximum absolute atomic E-state index is 4.26. The van der Waals surface area contributed by atoms with Crippen LogP contribution in [0.2, 0.25) is 0 Å². The van der Waals surface area contributed by atoms with E-state index in [0.29, 0.717) is 0 Å². The summed E-state index contributed by atoms with van der Waals surface area (Å²) in [5.41, 5.74) is 4.72. The second-order valence-corrected chi connectivity index (χ2v) is 4.92. The molecule has 0 amide bonds. The number of hydrogen-bond acceptors (Lipinski definition) is 6. The minimum atomic E-state index is 0.729. The van der Waals surface area contributed by atoms with Crippen LogP contribution >= 0.6 is 0 Å². The summed E-state index contributed by atoms with van der Waals surface area (Å²) in [4.78, 5) is 3.07. The SMILES string of the molecule is Cn1nc2ccc(N=Nc3ccc4nn(C)nc4c3)cc2n1. The number of benzene rings is 2. The van der Waals surface area contributed by atoms with Gasteiger partial charge in [0.15, 0.2) is 0 Å². The summed E-state index contributed by atoms with van der Waals surface area (Å²) in [6.07, 6.45) is 0. The molecule has 4 rings (SSSR count). The monoisotopic (exact) mass is 292 g/mol. The quantitative estimate of drug-likeness (QED) is 0.531. The first-order chi connectivity index (χ1) is 10.7. The summed E-state index contributed by atoms with van der Waals surface area (Å²) < 4.78 is 0. The zero-order valence-electron chi connectivity index (χ0n) is 12.0. The van der Waals surface area contributed by atoms with Gasteiger partial charge in [0.05, 0.1) is 11.4 Å². The summed E-state index contributed by atoms with van der Waals surface area (Å²) in [7, 11) is 3.58. The number of azo groups is 1. The van der Waals surface area contributed by atoms with Gasteiger partial charge >= 0.3 is 0 Å². The Morgan fingerprint density at radius 1 is 0.636 bits per heavy atom. The lowest BCUT2D eigenvalue weighted by Crippen LogP contribution is -1.90. The third kappa shape index (κ3) is 2.20. The maximum Gasteiger partial charge on any atom is 0.115 e. The lowest BCUT2D eigenvalue weighted by molar-refractivity contribution is 0.665. The minimum Gasteiger partial charge on any atom is -0.187 e. The highest BCUT2D eigenvalue weighted by molar-refractivity contribution is 5.78. The van der Waals surface area contributed by atoms with Gasteiger partial charge in [-0.2, -0.15) is 40.2 Å². The average molecular weight is 292 g/mol. The molecule has 0 N–H and O–H groups in total. The van der Waals surface area contributed by atoms with Gasteiger partial charge in [0.25, 0.3) is 0 Å². The smallest absolute Gasteiger partial charge is 0.115 e. The van der Waals surface area contributed by atoms with E-state index in [1.165, 1.54) is 9.59 Å². The van der Waals surface area contributed by atoms with E-state index in [-0.39, 0.29) is 0 Å². The molecule has 0 bridgehead atoms. The predicted molar refractivity (Wildman–Crippen MR) is 81.2 cm³/mol. The van der Waals surface area contributed by atoms with Crippen LogP contribution in [0.15, 0.2) is 46.6 Å².